The summed E-state index contributed by atoms with van der Waals surface area (Å²) in [5.41, 5.74) is 6.00. The molecule has 0 saturated heterocycles. The lowest BCUT2D eigenvalue weighted by molar-refractivity contribution is 0.162. The number of aliphatic hydroxyl groups is 1. The first-order valence-corrected chi connectivity index (χ1v) is 4.89. The molecule has 0 radical (unpaired) electrons. The Labute approximate surface area is 102 Å². The van der Waals surface area contributed by atoms with Crippen LogP contribution in [-0.4, -0.2) is 27.2 Å². The second-order valence-electron chi connectivity index (χ2n) is 4.52. The number of nitrogens with one attached hydrogen (secondary N) is 1. The maximum absolute atomic E-state index is 9.79. The van der Waals surface area contributed by atoms with Crippen molar-refractivity contribution in [1.82, 2.24) is 15.3 Å². The van der Waals surface area contributed by atoms with Gasteiger partial charge in [0.25, 0.3) is 0 Å². The van der Waals surface area contributed by atoms with E-state index in [1.807, 2.05) is 20.8 Å². The molecule has 0 fully saturated rings. The van der Waals surface area contributed by atoms with Crippen molar-refractivity contribution in [2.45, 2.75) is 32.4 Å². The largest absolute Gasteiger partial charge is 0.387 e. The normalized spacial score (nSPS) is 13.0. The van der Waals surface area contributed by atoms with Gasteiger partial charge in [-0.05, 0) is 20.8 Å². The Hall–Kier alpha value is -0.910. The second-order valence-corrected chi connectivity index (χ2v) is 4.52. The van der Waals surface area contributed by atoms with Crippen LogP contribution in [0.1, 0.15) is 32.4 Å². The van der Waals surface area contributed by atoms with E-state index in [2.05, 4.69) is 15.3 Å². The van der Waals surface area contributed by atoms with Crippen molar-refractivity contribution in [3.63, 3.8) is 0 Å². The van der Waals surface area contributed by atoms with E-state index in [9.17, 15) is 5.11 Å². The molecule has 0 spiro atoms. The maximum Gasteiger partial charge on any atom is 0.219 e. The van der Waals surface area contributed by atoms with Crippen LogP contribution in [0.25, 0.3) is 0 Å². The predicted octanol–water partition coefficient (Wildman–Crippen LogP) is 0.902. The van der Waals surface area contributed by atoms with Gasteiger partial charge in [0.15, 0.2) is 0 Å². The minimum Gasteiger partial charge on any atom is -0.387 e. The Morgan fingerprint density at radius 2 is 1.88 bits per heavy atom. The van der Waals surface area contributed by atoms with Crippen LogP contribution in [0, 0.1) is 0 Å². The summed E-state index contributed by atoms with van der Waals surface area (Å²) >= 11 is 0. The van der Waals surface area contributed by atoms with E-state index < -0.39 is 6.10 Å². The van der Waals surface area contributed by atoms with Crippen LogP contribution in [0.5, 0.6) is 0 Å². The van der Waals surface area contributed by atoms with Crippen molar-refractivity contribution in [2.75, 3.05) is 12.3 Å². The van der Waals surface area contributed by atoms with Crippen LogP contribution < -0.4 is 11.1 Å². The Bertz CT molecular complexity index is 310. The fourth-order valence-electron chi connectivity index (χ4n) is 1.04. The van der Waals surface area contributed by atoms with E-state index in [1.165, 1.54) is 12.4 Å². The summed E-state index contributed by atoms with van der Waals surface area (Å²) < 4.78 is 0. The molecule has 1 aromatic heterocycles. The Morgan fingerprint density at radius 3 is 2.31 bits per heavy atom. The maximum atomic E-state index is 9.79. The Kier molecular flexibility index (Phi) is 5.64. The number of nitrogens with zero attached hydrogens (tertiary/aromatic N) is 2. The van der Waals surface area contributed by atoms with Gasteiger partial charge in [-0.15, -0.1) is 12.4 Å². The van der Waals surface area contributed by atoms with Crippen LogP contribution in [-0.2, 0) is 0 Å². The second kappa shape index (κ2) is 5.98. The molecule has 0 aromatic carbocycles. The number of hydrogen-bond donors (Lipinski definition) is 3. The molecule has 1 heterocycles. The lowest BCUT2D eigenvalue weighted by Gasteiger charge is -2.22. The average molecular weight is 247 g/mol. The smallest absolute Gasteiger partial charge is 0.219 e. The fraction of sp³-hybridized carbons (Fsp3) is 0.600. The van der Waals surface area contributed by atoms with Gasteiger partial charge in [-0.25, -0.2) is 9.97 Å². The quantitative estimate of drug-likeness (QED) is 0.738. The third kappa shape index (κ3) is 5.25. The molecule has 0 aliphatic carbocycles. The first-order valence-electron chi connectivity index (χ1n) is 4.89. The minimum atomic E-state index is -0.607. The van der Waals surface area contributed by atoms with Gasteiger partial charge in [-0.2, -0.15) is 0 Å². The number of β-amino-alcohol motifs (C(OH)–C–C–N with tert-alkyl or cyclic N) is 1. The van der Waals surface area contributed by atoms with E-state index in [0.29, 0.717) is 12.1 Å². The van der Waals surface area contributed by atoms with E-state index in [1.54, 1.807) is 0 Å². The van der Waals surface area contributed by atoms with Gasteiger partial charge in [0.2, 0.25) is 5.95 Å². The Morgan fingerprint density at radius 1 is 1.38 bits per heavy atom. The Balaban J connectivity index is 0.00000225. The van der Waals surface area contributed by atoms with Crippen molar-refractivity contribution in [3.8, 4) is 0 Å². The molecule has 5 nitrogen and oxygen atoms in total. The fourth-order valence-corrected chi connectivity index (χ4v) is 1.04. The third-order valence-corrected chi connectivity index (χ3v) is 1.90. The first-order chi connectivity index (χ1) is 6.88. The summed E-state index contributed by atoms with van der Waals surface area (Å²) in [5, 5.41) is 13.0. The van der Waals surface area contributed by atoms with Crippen molar-refractivity contribution in [1.29, 1.82) is 0 Å². The molecule has 92 valence electrons. The highest BCUT2D eigenvalue weighted by molar-refractivity contribution is 5.85. The molecule has 1 atom stereocenters. The molecule has 0 aliphatic rings. The molecular weight excluding hydrogens is 228 g/mol. The summed E-state index contributed by atoms with van der Waals surface area (Å²) in [6.45, 7) is 6.59. The van der Waals surface area contributed by atoms with Gasteiger partial charge in [-0.1, -0.05) is 0 Å². The lowest BCUT2D eigenvalue weighted by atomic mass is 10.1. The van der Waals surface area contributed by atoms with Crippen molar-refractivity contribution < 1.29 is 5.11 Å². The molecule has 0 aliphatic heterocycles. The molecule has 1 rings (SSSR count). The van der Waals surface area contributed by atoms with Gasteiger partial charge in [0, 0.05) is 30.0 Å². The average Bonchev–Trinajstić information content (AvgIpc) is 2.14. The number of anilines is 1. The van der Waals surface area contributed by atoms with Gasteiger partial charge in [-0.3, -0.25) is 0 Å². The van der Waals surface area contributed by atoms with Gasteiger partial charge >= 0.3 is 0 Å². The van der Waals surface area contributed by atoms with E-state index >= 15 is 0 Å². The first kappa shape index (κ1) is 15.1. The monoisotopic (exact) mass is 246 g/mol. The number of aromatic nitrogens is 2. The summed E-state index contributed by atoms with van der Waals surface area (Å²) in [4.78, 5) is 7.65. The van der Waals surface area contributed by atoms with Crippen LogP contribution in [0.15, 0.2) is 12.4 Å². The zero-order valence-electron chi connectivity index (χ0n) is 9.77. The molecule has 0 amide bonds. The summed E-state index contributed by atoms with van der Waals surface area (Å²) in [7, 11) is 0. The molecule has 4 N–H and O–H groups in total. The highest BCUT2D eigenvalue weighted by Gasteiger charge is 2.13. The van der Waals surface area contributed by atoms with Crippen LogP contribution in [0.3, 0.4) is 0 Å². The van der Waals surface area contributed by atoms with Crippen molar-refractivity contribution in [2.24, 2.45) is 0 Å². The van der Waals surface area contributed by atoms with Gasteiger partial charge in [0.05, 0.1) is 6.10 Å². The number of rotatable bonds is 3. The van der Waals surface area contributed by atoms with Crippen LogP contribution in [0.4, 0.5) is 5.95 Å². The summed E-state index contributed by atoms with van der Waals surface area (Å²) in [6.07, 6.45) is 2.47. The van der Waals surface area contributed by atoms with Crippen molar-refractivity contribution >= 4 is 18.4 Å². The number of hydrogen-bond acceptors (Lipinski definition) is 5. The van der Waals surface area contributed by atoms with E-state index in [-0.39, 0.29) is 23.9 Å². The molecule has 6 heteroatoms. The topological polar surface area (TPSA) is 84.1 Å². The molecule has 1 aromatic rings. The standard InChI is InChI=1S/C10H18N4O.ClH/c1-10(2,3)14-6-8(15)7-4-12-9(11)13-5-7;/h4-5,8,14-15H,6H2,1-3H3,(H2,11,12,13);1H. The number of aliphatic hydroxyl groups excluding tert-OH is 1. The van der Waals surface area contributed by atoms with Crippen molar-refractivity contribution in [3.05, 3.63) is 18.0 Å². The van der Waals surface area contributed by atoms with Gasteiger partial charge in [0.1, 0.15) is 0 Å². The highest BCUT2D eigenvalue weighted by Crippen LogP contribution is 2.11. The SMILES string of the molecule is CC(C)(C)NCC(O)c1cnc(N)nc1.Cl. The zero-order valence-corrected chi connectivity index (χ0v) is 10.6. The molecular formula is C10H19ClN4O. The number of nitrogens with two attached hydrogens (primary N) is 1. The lowest BCUT2D eigenvalue weighted by Crippen LogP contribution is -2.38. The minimum absolute atomic E-state index is 0. The van der Waals surface area contributed by atoms with Crippen LogP contribution in [0.2, 0.25) is 0 Å². The molecule has 0 saturated carbocycles. The van der Waals surface area contributed by atoms with E-state index in [4.69, 9.17) is 5.73 Å². The number of nitrogen functional groups attached to an aromatic ring is 1. The number of halogens is 1. The summed E-state index contributed by atoms with van der Waals surface area (Å²) in [6, 6.07) is 0. The highest BCUT2D eigenvalue weighted by atomic mass is 35.5. The van der Waals surface area contributed by atoms with Crippen LogP contribution >= 0.6 is 12.4 Å². The molecule has 1 unspecified atom stereocenters. The zero-order chi connectivity index (χ0) is 11.5. The summed E-state index contributed by atoms with van der Waals surface area (Å²) in [5.74, 6) is 0.217. The molecule has 16 heavy (non-hydrogen) atoms. The predicted molar refractivity (Wildman–Crippen MR) is 66.4 cm³/mol. The van der Waals surface area contributed by atoms with E-state index in [0.717, 1.165) is 0 Å². The molecule has 0 bridgehead atoms. The third-order valence-electron chi connectivity index (χ3n) is 1.90. The van der Waals surface area contributed by atoms with Gasteiger partial charge < -0.3 is 16.2 Å².